The summed E-state index contributed by atoms with van der Waals surface area (Å²) >= 11 is 0. The van der Waals surface area contributed by atoms with Crippen LogP contribution in [-0.2, 0) is 6.42 Å². The van der Waals surface area contributed by atoms with E-state index in [-0.39, 0.29) is 5.58 Å². The fraction of sp³-hybridized carbons (Fsp3) is 0.143. The topological polar surface area (TPSA) is 73.6 Å². The maximum atomic E-state index is 12.5. The van der Waals surface area contributed by atoms with Gasteiger partial charge in [-0.3, -0.25) is 0 Å². The van der Waals surface area contributed by atoms with Crippen LogP contribution in [0.5, 0.6) is 0 Å². The van der Waals surface area contributed by atoms with Crippen molar-refractivity contribution in [2.24, 2.45) is 0 Å². The summed E-state index contributed by atoms with van der Waals surface area (Å²) in [4.78, 5) is 24.6. The van der Waals surface area contributed by atoms with E-state index in [1.165, 1.54) is 6.07 Å². The number of furan rings is 1. The van der Waals surface area contributed by atoms with E-state index in [1.807, 2.05) is 38.1 Å². The van der Waals surface area contributed by atoms with E-state index in [1.54, 1.807) is 6.07 Å². The third-order valence-electron chi connectivity index (χ3n) is 4.88. The van der Waals surface area contributed by atoms with Crippen LogP contribution in [0.2, 0.25) is 0 Å². The average molecular weight is 346 g/mol. The minimum atomic E-state index is -0.534. The van der Waals surface area contributed by atoms with Gasteiger partial charge in [-0.2, -0.15) is 0 Å². The molecule has 0 aliphatic rings. The second-order valence-corrected chi connectivity index (χ2v) is 6.41. The highest BCUT2D eigenvalue weighted by Crippen LogP contribution is 2.38. The highest BCUT2D eigenvalue weighted by atomic mass is 16.4. The molecule has 0 unspecified atom stereocenters. The Labute approximate surface area is 146 Å². The van der Waals surface area contributed by atoms with E-state index in [0.29, 0.717) is 33.9 Å². The van der Waals surface area contributed by atoms with Gasteiger partial charge in [0.1, 0.15) is 16.7 Å². The zero-order valence-corrected chi connectivity index (χ0v) is 14.2. The van der Waals surface area contributed by atoms with Crippen LogP contribution >= 0.6 is 0 Å². The molecule has 0 radical (unpaired) electrons. The summed E-state index contributed by atoms with van der Waals surface area (Å²) in [5, 5.41) is 2.86. The molecular weight excluding hydrogens is 332 g/mol. The van der Waals surface area contributed by atoms with Crippen LogP contribution in [0.4, 0.5) is 0 Å². The standard InChI is InChI=1S/C21H14O5/c1-3-11-9-13-10(2)8-15(22)25-19(13)17-16-12-6-4-5-7-14(12)24-20(16)21(23)26-18(11)17/h4-9H,3H2,1-2H3. The minimum absolute atomic E-state index is 0.136. The maximum absolute atomic E-state index is 12.5. The third-order valence-corrected chi connectivity index (χ3v) is 4.88. The van der Waals surface area contributed by atoms with Crippen molar-refractivity contribution in [2.45, 2.75) is 20.3 Å². The maximum Gasteiger partial charge on any atom is 0.380 e. The van der Waals surface area contributed by atoms with Crippen molar-refractivity contribution in [1.82, 2.24) is 0 Å². The summed E-state index contributed by atoms with van der Waals surface area (Å²) in [5.41, 5.74) is 2.32. The first-order valence-corrected chi connectivity index (χ1v) is 8.43. The lowest BCUT2D eigenvalue weighted by Gasteiger charge is -2.09. The number of benzene rings is 2. The van der Waals surface area contributed by atoms with Crippen molar-refractivity contribution >= 4 is 43.9 Å². The highest BCUT2D eigenvalue weighted by molar-refractivity contribution is 6.24. The van der Waals surface area contributed by atoms with Crippen LogP contribution in [0.25, 0.3) is 43.9 Å². The van der Waals surface area contributed by atoms with Crippen LogP contribution in [-0.4, -0.2) is 0 Å². The Morgan fingerprint density at radius 3 is 2.46 bits per heavy atom. The molecule has 0 atom stereocenters. The predicted octanol–water partition coefficient (Wildman–Crippen LogP) is 4.67. The van der Waals surface area contributed by atoms with Gasteiger partial charge in [0.05, 0.1) is 10.8 Å². The lowest BCUT2D eigenvalue weighted by molar-refractivity contribution is 0.537. The predicted molar refractivity (Wildman–Crippen MR) is 99.9 cm³/mol. The normalized spacial score (nSPS) is 11.9. The average Bonchev–Trinajstić information content (AvgIpc) is 3.01. The van der Waals surface area contributed by atoms with Gasteiger partial charge < -0.3 is 13.3 Å². The molecule has 2 aromatic carbocycles. The highest BCUT2D eigenvalue weighted by Gasteiger charge is 2.21. The molecule has 0 N–H and O–H groups in total. The molecule has 3 heterocycles. The molecule has 0 saturated carbocycles. The van der Waals surface area contributed by atoms with Crippen LogP contribution < -0.4 is 11.3 Å². The molecule has 5 heteroatoms. The second kappa shape index (κ2) is 5.08. The lowest BCUT2D eigenvalue weighted by atomic mass is 9.99. The number of para-hydroxylation sites is 1. The van der Waals surface area contributed by atoms with Gasteiger partial charge in [-0.15, -0.1) is 0 Å². The van der Waals surface area contributed by atoms with Crippen molar-refractivity contribution in [1.29, 1.82) is 0 Å². The van der Waals surface area contributed by atoms with E-state index >= 15 is 0 Å². The van der Waals surface area contributed by atoms with Crippen LogP contribution in [0, 0.1) is 6.92 Å². The smallest absolute Gasteiger partial charge is 0.380 e. The van der Waals surface area contributed by atoms with E-state index < -0.39 is 11.3 Å². The molecule has 5 aromatic rings. The first kappa shape index (κ1) is 15.0. The van der Waals surface area contributed by atoms with Crippen LogP contribution in [0.1, 0.15) is 18.1 Å². The molecule has 3 aromatic heterocycles. The molecule has 5 rings (SSSR count). The Kier molecular flexibility index (Phi) is 2.92. The van der Waals surface area contributed by atoms with E-state index in [4.69, 9.17) is 13.3 Å². The minimum Gasteiger partial charge on any atom is -0.448 e. The van der Waals surface area contributed by atoms with Gasteiger partial charge in [0.15, 0.2) is 0 Å². The molecular formula is C21H14O5. The van der Waals surface area contributed by atoms with Crippen molar-refractivity contribution in [2.75, 3.05) is 0 Å². The quantitative estimate of drug-likeness (QED) is 0.326. The fourth-order valence-corrected chi connectivity index (χ4v) is 3.67. The largest absolute Gasteiger partial charge is 0.448 e. The fourth-order valence-electron chi connectivity index (χ4n) is 3.67. The van der Waals surface area contributed by atoms with Gasteiger partial charge in [0, 0.05) is 16.8 Å². The van der Waals surface area contributed by atoms with E-state index in [0.717, 1.165) is 21.9 Å². The Hall–Kier alpha value is -3.34. The second-order valence-electron chi connectivity index (χ2n) is 6.41. The zero-order chi connectivity index (χ0) is 18.0. The number of fused-ring (bicyclic) bond motifs is 7. The number of aryl methyl sites for hydroxylation is 2. The SMILES string of the molecule is CCc1cc2c(C)cc(=O)oc2c2c1oc(=O)c1oc3ccccc3c12. The van der Waals surface area contributed by atoms with E-state index in [2.05, 4.69) is 0 Å². The molecule has 0 amide bonds. The van der Waals surface area contributed by atoms with Crippen molar-refractivity contribution in [3.8, 4) is 0 Å². The molecule has 0 aliphatic carbocycles. The van der Waals surface area contributed by atoms with Crippen LogP contribution in [0.15, 0.2) is 59.2 Å². The summed E-state index contributed by atoms with van der Waals surface area (Å²) in [6.45, 7) is 3.86. The Balaban J connectivity index is 2.24. The summed E-state index contributed by atoms with van der Waals surface area (Å²) in [7, 11) is 0. The molecule has 0 aliphatic heterocycles. The van der Waals surface area contributed by atoms with Gasteiger partial charge in [0.25, 0.3) is 0 Å². The van der Waals surface area contributed by atoms with Gasteiger partial charge in [-0.25, -0.2) is 9.59 Å². The first-order valence-electron chi connectivity index (χ1n) is 8.43. The first-order chi connectivity index (χ1) is 12.6. The molecule has 0 spiro atoms. The molecule has 128 valence electrons. The molecule has 26 heavy (non-hydrogen) atoms. The Morgan fingerprint density at radius 1 is 0.846 bits per heavy atom. The molecule has 5 nitrogen and oxygen atoms in total. The van der Waals surface area contributed by atoms with E-state index in [9.17, 15) is 9.59 Å². The number of hydrogen-bond donors (Lipinski definition) is 0. The molecule has 0 bridgehead atoms. The van der Waals surface area contributed by atoms with Gasteiger partial charge >= 0.3 is 11.3 Å². The zero-order valence-electron chi connectivity index (χ0n) is 14.2. The summed E-state index contributed by atoms with van der Waals surface area (Å²) in [6, 6.07) is 10.8. The summed E-state index contributed by atoms with van der Waals surface area (Å²) in [6.07, 6.45) is 0.676. The monoisotopic (exact) mass is 346 g/mol. The van der Waals surface area contributed by atoms with Crippen molar-refractivity contribution in [3.63, 3.8) is 0 Å². The Bertz CT molecular complexity index is 1460. The number of hydrogen-bond acceptors (Lipinski definition) is 5. The number of rotatable bonds is 1. The molecule has 0 saturated heterocycles. The van der Waals surface area contributed by atoms with Gasteiger partial charge in [-0.1, -0.05) is 25.1 Å². The van der Waals surface area contributed by atoms with Crippen LogP contribution in [0.3, 0.4) is 0 Å². The molecule has 0 fully saturated rings. The Morgan fingerprint density at radius 2 is 1.65 bits per heavy atom. The third kappa shape index (κ3) is 1.85. The van der Waals surface area contributed by atoms with Gasteiger partial charge in [-0.05, 0) is 36.6 Å². The lowest BCUT2D eigenvalue weighted by Crippen LogP contribution is -2.03. The summed E-state index contributed by atoms with van der Waals surface area (Å²) < 4.78 is 16.9. The summed E-state index contributed by atoms with van der Waals surface area (Å²) in [5.74, 6) is 0. The van der Waals surface area contributed by atoms with Gasteiger partial charge in [0.2, 0.25) is 5.58 Å². The van der Waals surface area contributed by atoms with Crippen molar-refractivity contribution < 1.29 is 13.3 Å². The van der Waals surface area contributed by atoms with Crippen molar-refractivity contribution in [3.05, 3.63) is 68.4 Å².